The van der Waals surface area contributed by atoms with Crippen molar-refractivity contribution in [2.24, 2.45) is 0 Å². The summed E-state index contributed by atoms with van der Waals surface area (Å²) in [6.45, 7) is 2.15. The SMILES string of the molecule is CNC(C)c1ccc(SCc2noc(C3CC3)n2)cc1. The monoisotopic (exact) mass is 289 g/mol. The molecule has 1 aliphatic rings. The van der Waals surface area contributed by atoms with Gasteiger partial charge >= 0.3 is 0 Å². The zero-order chi connectivity index (χ0) is 13.9. The smallest absolute Gasteiger partial charge is 0.229 e. The van der Waals surface area contributed by atoms with Crippen LogP contribution in [0, 0.1) is 0 Å². The second-order valence-corrected chi connectivity index (χ2v) is 6.24. The molecule has 0 saturated heterocycles. The Bertz CT molecular complexity index is 563. The van der Waals surface area contributed by atoms with Crippen molar-refractivity contribution in [2.75, 3.05) is 7.05 Å². The van der Waals surface area contributed by atoms with Crippen LogP contribution in [0.15, 0.2) is 33.7 Å². The molecule has 0 radical (unpaired) electrons. The van der Waals surface area contributed by atoms with Crippen LogP contribution >= 0.6 is 11.8 Å². The first kappa shape index (κ1) is 13.6. The Hall–Kier alpha value is -1.33. The summed E-state index contributed by atoms with van der Waals surface area (Å²) in [6.07, 6.45) is 2.39. The van der Waals surface area contributed by atoms with Gasteiger partial charge in [-0.15, -0.1) is 11.8 Å². The summed E-state index contributed by atoms with van der Waals surface area (Å²) >= 11 is 1.74. The molecule has 1 fully saturated rings. The predicted octanol–water partition coefficient (Wildman–Crippen LogP) is 3.52. The molecule has 1 saturated carbocycles. The van der Waals surface area contributed by atoms with Crippen molar-refractivity contribution < 1.29 is 4.52 Å². The summed E-state index contributed by atoms with van der Waals surface area (Å²) < 4.78 is 5.26. The van der Waals surface area contributed by atoms with E-state index in [2.05, 4.69) is 46.6 Å². The maximum Gasteiger partial charge on any atom is 0.229 e. The molecule has 2 aromatic rings. The van der Waals surface area contributed by atoms with Gasteiger partial charge in [0.15, 0.2) is 5.82 Å². The Morgan fingerprint density at radius 3 is 2.75 bits per heavy atom. The van der Waals surface area contributed by atoms with Crippen molar-refractivity contribution in [3.63, 3.8) is 0 Å². The standard InChI is InChI=1S/C15H19N3OS/c1-10(16-2)11-5-7-13(8-6-11)20-9-14-17-15(19-18-14)12-3-4-12/h5-8,10,12,16H,3-4,9H2,1-2H3. The molecular weight excluding hydrogens is 270 g/mol. The van der Waals surface area contributed by atoms with Crippen LogP contribution in [0.5, 0.6) is 0 Å². The van der Waals surface area contributed by atoms with Gasteiger partial charge < -0.3 is 9.84 Å². The van der Waals surface area contributed by atoms with Crippen LogP contribution in [-0.4, -0.2) is 17.2 Å². The van der Waals surface area contributed by atoms with Gasteiger partial charge in [0.05, 0.1) is 5.75 Å². The van der Waals surface area contributed by atoms with E-state index in [1.807, 2.05) is 7.05 Å². The Morgan fingerprint density at radius 2 is 2.10 bits per heavy atom. The van der Waals surface area contributed by atoms with Gasteiger partial charge in [-0.25, -0.2) is 0 Å². The second kappa shape index (κ2) is 5.97. The van der Waals surface area contributed by atoms with Crippen molar-refractivity contribution in [3.8, 4) is 0 Å². The third kappa shape index (κ3) is 3.22. The number of benzene rings is 1. The Labute approximate surface area is 123 Å². The summed E-state index contributed by atoms with van der Waals surface area (Å²) in [5.41, 5.74) is 1.30. The lowest BCUT2D eigenvalue weighted by Crippen LogP contribution is -2.11. The quantitative estimate of drug-likeness (QED) is 0.825. The molecule has 3 rings (SSSR count). The fraction of sp³-hybridized carbons (Fsp3) is 0.467. The van der Waals surface area contributed by atoms with E-state index in [-0.39, 0.29) is 0 Å². The van der Waals surface area contributed by atoms with E-state index >= 15 is 0 Å². The summed E-state index contributed by atoms with van der Waals surface area (Å²) in [5, 5.41) is 7.27. The van der Waals surface area contributed by atoms with E-state index in [0.717, 1.165) is 17.5 Å². The highest BCUT2D eigenvalue weighted by Gasteiger charge is 2.29. The zero-order valence-corrected chi connectivity index (χ0v) is 12.6. The number of nitrogens with zero attached hydrogens (tertiary/aromatic N) is 2. The minimum Gasteiger partial charge on any atom is -0.339 e. The van der Waals surface area contributed by atoms with Crippen LogP contribution < -0.4 is 5.32 Å². The van der Waals surface area contributed by atoms with Crippen LogP contribution in [-0.2, 0) is 5.75 Å². The lowest BCUT2D eigenvalue weighted by atomic mass is 10.1. The van der Waals surface area contributed by atoms with E-state index in [9.17, 15) is 0 Å². The largest absolute Gasteiger partial charge is 0.339 e. The van der Waals surface area contributed by atoms with E-state index in [1.165, 1.54) is 23.3 Å². The molecule has 1 aromatic carbocycles. The highest BCUT2D eigenvalue weighted by molar-refractivity contribution is 7.98. The van der Waals surface area contributed by atoms with E-state index in [0.29, 0.717) is 12.0 Å². The summed E-state index contributed by atoms with van der Waals surface area (Å²) in [5.74, 6) is 2.91. The van der Waals surface area contributed by atoms with Crippen molar-refractivity contribution in [1.82, 2.24) is 15.5 Å². The molecule has 20 heavy (non-hydrogen) atoms. The maximum absolute atomic E-state index is 5.26. The molecule has 0 amide bonds. The lowest BCUT2D eigenvalue weighted by Gasteiger charge is -2.10. The highest BCUT2D eigenvalue weighted by Crippen LogP contribution is 2.39. The Kier molecular flexibility index (Phi) is 4.08. The Morgan fingerprint density at radius 1 is 1.35 bits per heavy atom. The van der Waals surface area contributed by atoms with Crippen LogP contribution in [0.1, 0.15) is 49.0 Å². The molecule has 1 aromatic heterocycles. The molecule has 1 heterocycles. The van der Waals surface area contributed by atoms with Crippen molar-refractivity contribution in [3.05, 3.63) is 41.5 Å². The molecule has 5 heteroatoms. The van der Waals surface area contributed by atoms with Gasteiger partial charge in [-0.2, -0.15) is 4.98 Å². The first-order valence-electron chi connectivity index (χ1n) is 6.99. The molecular formula is C15H19N3OS. The average molecular weight is 289 g/mol. The van der Waals surface area contributed by atoms with Gasteiger partial charge in [0.25, 0.3) is 0 Å². The van der Waals surface area contributed by atoms with Gasteiger partial charge in [-0.3, -0.25) is 0 Å². The first-order valence-corrected chi connectivity index (χ1v) is 7.97. The van der Waals surface area contributed by atoms with Crippen molar-refractivity contribution in [2.45, 2.75) is 42.4 Å². The lowest BCUT2D eigenvalue weighted by molar-refractivity contribution is 0.375. The molecule has 1 N–H and O–H groups in total. The minimum atomic E-state index is 0.382. The van der Waals surface area contributed by atoms with Gasteiger partial charge in [0.2, 0.25) is 5.89 Å². The predicted molar refractivity (Wildman–Crippen MR) is 79.8 cm³/mol. The van der Waals surface area contributed by atoms with E-state index in [4.69, 9.17) is 4.52 Å². The van der Waals surface area contributed by atoms with Gasteiger partial charge in [-0.1, -0.05) is 17.3 Å². The third-order valence-electron chi connectivity index (χ3n) is 3.59. The number of rotatable bonds is 6. The molecule has 0 spiro atoms. The molecule has 0 aliphatic heterocycles. The topological polar surface area (TPSA) is 51.0 Å². The number of nitrogens with one attached hydrogen (secondary N) is 1. The summed E-state index contributed by atoms with van der Waals surface area (Å²) in [4.78, 5) is 5.67. The van der Waals surface area contributed by atoms with Crippen LogP contribution in [0.2, 0.25) is 0 Å². The number of hydrogen-bond acceptors (Lipinski definition) is 5. The third-order valence-corrected chi connectivity index (χ3v) is 4.60. The van der Waals surface area contributed by atoms with Gasteiger partial charge in [-0.05, 0) is 44.5 Å². The molecule has 4 nitrogen and oxygen atoms in total. The minimum absolute atomic E-state index is 0.382. The number of hydrogen-bond donors (Lipinski definition) is 1. The summed E-state index contributed by atoms with van der Waals surface area (Å²) in [6, 6.07) is 9.00. The van der Waals surface area contributed by atoms with E-state index in [1.54, 1.807) is 11.8 Å². The molecule has 106 valence electrons. The molecule has 1 unspecified atom stereocenters. The normalized spacial score (nSPS) is 16.3. The molecule has 1 aliphatic carbocycles. The van der Waals surface area contributed by atoms with Crippen LogP contribution in [0.25, 0.3) is 0 Å². The van der Waals surface area contributed by atoms with E-state index < -0.39 is 0 Å². The average Bonchev–Trinajstić information content (AvgIpc) is 3.24. The van der Waals surface area contributed by atoms with Crippen molar-refractivity contribution >= 4 is 11.8 Å². The zero-order valence-electron chi connectivity index (χ0n) is 11.8. The fourth-order valence-corrected chi connectivity index (χ4v) is 2.73. The molecule has 0 bridgehead atoms. The molecule has 1 atom stereocenters. The number of aromatic nitrogens is 2. The van der Waals surface area contributed by atoms with Crippen LogP contribution in [0.3, 0.4) is 0 Å². The number of thioether (sulfide) groups is 1. The Balaban J connectivity index is 1.57. The fourth-order valence-electron chi connectivity index (χ4n) is 1.99. The van der Waals surface area contributed by atoms with Crippen LogP contribution in [0.4, 0.5) is 0 Å². The van der Waals surface area contributed by atoms with Gasteiger partial charge in [0.1, 0.15) is 0 Å². The maximum atomic E-state index is 5.26. The summed E-state index contributed by atoms with van der Waals surface area (Å²) in [7, 11) is 1.97. The highest BCUT2D eigenvalue weighted by atomic mass is 32.2. The van der Waals surface area contributed by atoms with Gasteiger partial charge in [0, 0.05) is 16.9 Å². The second-order valence-electron chi connectivity index (χ2n) is 5.19. The van der Waals surface area contributed by atoms with Crippen molar-refractivity contribution in [1.29, 1.82) is 0 Å². The first-order chi connectivity index (χ1) is 9.76.